The molecule has 1 aromatic carbocycles. The van der Waals surface area contributed by atoms with E-state index in [-0.39, 0.29) is 24.0 Å². The zero-order valence-electron chi connectivity index (χ0n) is 10.6. The molecular formula is C14H19NO2. The number of benzene rings is 1. The van der Waals surface area contributed by atoms with Crippen molar-refractivity contribution in [1.82, 2.24) is 0 Å². The lowest BCUT2D eigenvalue weighted by Crippen LogP contribution is -2.55. The monoisotopic (exact) mass is 233 g/mol. The average Bonchev–Trinajstić information content (AvgIpc) is 2.25. The number of carbonyl (C=O) groups is 1. The summed E-state index contributed by atoms with van der Waals surface area (Å²) in [6.45, 7) is 6.42. The molecule has 0 spiro atoms. The number of hydrogen-bond donors (Lipinski definition) is 1. The minimum atomic E-state index is -0.0500. The molecule has 1 N–H and O–H groups in total. The summed E-state index contributed by atoms with van der Waals surface area (Å²) in [5.41, 5.74) is 2.08. The molecule has 0 radical (unpaired) electrons. The maximum Gasteiger partial charge on any atom is 0.229 e. The average molecular weight is 233 g/mol. The molecule has 1 saturated heterocycles. The van der Waals surface area contributed by atoms with Crippen molar-refractivity contribution in [2.45, 2.75) is 38.6 Å². The topological polar surface area (TPSA) is 40.5 Å². The van der Waals surface area contributed by atoms with Gasteiger partial charge in [-0.25, -0.2) is 0 Å². The number of para-hydroxylation sites is 1. The van der Waals surface area contributed by atoms with Crippen molar-refractivity contribution in [3.63, 3.8) is 0 Å². The van der Waals surface area contributed by atoms with Crippen LogP contribution in [0.3, 0.4) is 0 Å². The summed E-state index contributed by atoms with van der Waals surface area (Å²) in [6.07, 6.45) is 0.453. The van der Waals surface area contributed by atoms with Crippen LogP contribution >= 0.6 is 0 Å². The van der Waals surface area contributed by atoms with Gasteiger partial charge in [-0.3, -0.25) is 4.79 Å². The van der Waals surface area contributed by atoms with Crippen LogP contribution in [0.25, 0.3) is 0 Å². The summed E-state index contributed by atoms with van der Waals surface area (Å²) < 4.78 is 0. The predicted octanol–water partition coefficient (Wildman–Crippen LogP) is 2.08. The Labute approximate surface area is 102 Å². The Hall–Kier alpha value is -1.35. The first-order chi connectivity index (χ1) is 7.95. The quantitative estimate of drug-likeness (QED) is 0.794. The van der Waals surface area contributed by atoms with Gasteiger partial charge < -0.3 is 10.0 Å². The van der Waals surface area contributed by atoms with Crippen molar-refractivity contribution >= 4 is 11.6 Å². The fraction of sp³-hybridized carbons (Fsp3) is 0.500. The van der Waals surface area contributed by atoms with E-state index in [9.17, 15) is 9.90 Å². The second-order valence-corrected chi connectivity index (χ2v) is 5.57. The molecule has 3 heteroatoms. The molecule has 0 unspecified atom stereocenters. The minimum Gasteiger partial charge on any atom is -0.394 e. The molecule has 0 aliphatic carbocycles. The predicted molar refractivity (Wildman–Crippen MR) is 68.1 cm³/mol. The standard InChI is InChI=1S/C14H19NO2/c1-14(2,3)11-6-4-5-7-12(11)15-10(9-16)8-13(15)17/h4-7,10,16H,8-9H2,1-3H3/t10-/m1/s1. The second kappa shape index (κ2) is 4.15. The highest BCUT2D eigenvalue weighted by molar-refractivity contribution is 6.01. The van der Waals surface area contributed by atoms with Crippen LogP contribution in [-0.4, -0.2) is 23.7 Å². The highest BCUT2D eigenvalue weighted by Gasteiger charge is 2.38. The van der Waals surface area contributed by atoms with Gasteiger partial charge in [-0.2, -0.15) is 0 Å². The van der Waals surface area contributed by atoms with Crippen LogP contribution < -0.4 is 4.90 Å². The summed E-state index contributed by atoms with van der Waals surface area (Å²) in [6, 6.07) is 7.88. The van der Waals surface area contributed by atoms with Crippen LogP contribution in [-0.2, 0) is 10.2 Å². The fourth-order valence-corrected chi connectivity index (χ4v) is 2.28. The lowest BCUT2D eigenvalue weighted by Gasteiger charge is -2.41. The number of carbonyl (C=O) groups excluding carboxylic acids is 1. The van der Waals surface area contributed by atoms with Crippen LogP contribution in [0.2, 0.25) is 0 Å². The molecule has 17 heavy (non-hydrogen) atoms. The Bertz CT molecular complexity index is 434. The number of aliphatic hydroxyl groups excluding tert-OH is 1. The summed E-state index contributed by atoms with van der Waals surface area (Å²) >= 11 is 0. The van der Waals surface area contributed by atoms with E-state index in [2.05, 4.69) is 26.8 Å². The lowest BCUT2D eigenvalue weighted by atomic mass is 9.84. The van der Waals surface area contributed by atoms with Gasteiger partial charge in [0.25, 0.3) is 0 Å². The van der Waals surface area contributed by atoms with Crippen molar-refractivity contribution in [2.24, 2.45) is 0 Å². The van der Waals surface area contributed by atoms with Crippen molar-refractivity contribution in [3.05, 3.63) is 29.8 Å². The van der Waals surface area contributed by atoms with E-state index in [1.165, 1.54) is 0 Å². The second-order valence-electron chi connectivity index (χ2n) is 5.57. The lowest BCUT2D eigenvalue weighted by molar-refractivity contribution is -0.124. The molecule has 1 atom stereocenters. The number of β-lactam (4-membered cyclic amide) rings is 1. The number of amides is 1. The normalized spacial score (nSPS) is 20.4. The number of anilines is 1. The molecule has 92 valence electrons. The van der Waals surface area contributed by atoms with E-state index in [0.717, 1.165) is 11.3 Å². The molecule has 0 bridgehead atoms. The SMILES string of the molecule is CC(C)(C)c1ccccc1N1C(=O)C[C@@H]1CO. The smallest absolute Gasteiger partial charge is 0.229 e. The van der Waals surface area contributed by atoms with Gasteiger partial charge in [0.15, 0.2) is 0 Å². The Morgan fingerprint density at radius 1 is 1.35 bits per heavy atom. The van der Waals surface area contributed by atoms with E-state index in [0.29, 0.717) is 6.42 Å². The molecule has 1 aliphatic heterocycles. The van der Waals surface area contributed by atoms with E-state index >= 15 is 0 Å². The number of nitrogens with zero attached hydrogens (tertiary/aromatic N) is 1. The maximum absolute atomic E-state index is 11.7. The van der Waals surface area contributed by atoms with E-state index in [4.69, 9.17) is 0 Å². The molecule has 0 saturated carbocycles. The summed E-state index contributed by atoms with van der Waals surface area (Å²) in [5.74, 6) is 0.0979. The molecule has 0 aromatic heterocycles. The first kappa shape index (κ1) is 12.1. The van der Waals surface area contributed by atoms with Crippen LogP contribution in [0.1, 0.15) is 32.8 Å². The van der Waals surface area contributed by atoms with Gasteiger partial charge in [-0.15, -0.1) is 0 Å². The number of aliphatic hydroxyl groups is 1. The third kappa shape index (κ3) is 2.07. The Balaban J connectivity index is 2.42. The Morgan fingerprint density at radius 3 is 2.53 bits per heavy atom. The van der Waals surface area contributed by atoms with E-state index in [1.807, 2.05) is 18.2 Å². The maximum atomic E-state index is 11.7. The van der Waals surface area contributed by atoms with Crippen molar-refractivity contribution < 1.29 is 9.90 Å². The Kier molecular flexibility index (Phi) is 2.96. The number of rotatable bonds is 2. The van der Waals surface area contributed by atoms with Crippen LogP contribution in [0, 0.1) is 0 Å². The molecule has 1 heterocycles. The third-order valence-corrected chi connectivity index (χ3v) is 3.23. The van der Waals surface area contributed by atoms with Gasteiger partial charge in [0, 0.05) is 5.69 Å². The van der Waals surface area contributed by atoms with E-state index in [1.54, 1.807) is 4.90 Å². The summed E-state index contributed by atoms with van der Waals surface area (Å²) in [7, 11) is 0. The van der Waals surface area contributed by atoms with Crippen LogP contribution in [0.4, 0.5) is 5.69 Å². The highest BCUT2D eigenvalue weighted by Crippen LogP contribution is 2.36. The molecule has 2 rings (SSSR count). The molecule has 1 amide bonds. The Morgan fingerprint density at radius 2 is 2.00 bits per heavy atom. The third-order valence-electron chi connectivity index (χ3n) is 3.23. The van der Waals surface area contributed by atoms with Crippen molar-refractivity contribution in [3.8, 4) is 0 Å². The van der Waals surface area contributed by atoms with Gasteiger partial charge in [0.05, 0.1) is 19.1 Å². The molecule has 3 nitrogen and oxygen atoms in total. The molecule has 1 fully saturated rings. The fourth-order valence-electron chi connectivity index (χ4n) is 2.28. The molecule has 1 aliphatic rings. The van der Waals surface area contributed by atoms with Crippen LogP contribution in [0.5, 0.6) is 0 Å². The molecular weight excluding hydrogens is 214 g/mol. The largest absolute Gasteiger partial charge is 0.394 e. The molecule has 1 aromatic rings. The van der Waals surface area contributed by atoms with Crippen LogP contribution in [0.15, 0.2) is 24.3 Å². The van der Waals surface area contributed by atoms with Crippen molar-refractivity contribution in [2.75, 3.05) is 11.5 Å². The number of hydrogen-bond acceptors (Lipinski definition) is 2. The first-order valence-corrected chi connectivity index (χ1v) is 5.97. The zero-order valence-corrected chi connectivity index (χ0v) is 10.6. The van der Waals surface area contributed by atoms with Gasteiger partial charge >= 0.3 is 0 Å². The zero-order chi connectivity index (χ0) is 12.6. The van der Waals surface area contributed by atoms with Gasteiger partial charge in [-0.1, -0.05) is 39.0 Å². The summed E-state index contributed by atoms with van der Waals surface area (Å²) in [4.78, 5) is 13.4. The summed E-state index contributed by atoms with van der Waals surface area (Å²) in [5, 5.41) is 9.24. The first-order valence-electron chi connectivity index (χ1n) is 5.97. The van der Waals surface area contributed by atoms with Crippen molar-refractivity contribution in [1.29, 1.82) is 0 Å². The highest BCUT2D eigenvalue weighted by atomic mass is 16.3. The minimum absolute atomic E-state index is 0.00747. The van der Waals surface area contributed by atoms with Gasteiger partial charge in [0.2, 0.25) is 5.91 Å². The van der Waals surface area contributed by atoms with Gasteiger partial charge in [0.1, 0.15) is 0 Å². The van der Waals surface area contributed by atoms with Gasteiger partial charge in [-0.05, 0) is 17.0 Å². The van der Waals surface area contributed by atoms with E-state index < -0.39 is 0 Å².